The van der Waals surface area contributed by atoms with Crippen LogP contribution in [0.25, 0.3) is 5.69 Å². The van der Waals surface area contributed by atoms with Crippen molar-refractivity contribution in [3.05, 3.63) is 47.8 Å². The molecule has 1 fully saturated rings. The molecule has 3 rings (SSSR count). The lowest BCUT2D eigenvalue weighted by molar-refractivity contribution is -0.137. The maximum absolute atomic E-state index is 12.6. The van der Waals surface area contributed by atoms with Gasteiger partial charge in [0.25, 0.3) is 5.91 Å². The number of aliphatic carboxylic acids is 1. The number of hydrogen-bond donors (Lipinski definition) is 1. The van der Waals surface area contributed by atoms with Crippen molar-refractivity contribution in [3.8, 4) is 5.69 Å². The standard InChI is InChI=1S/C17H19N3O3/c1-19(10-9-15(21)22)17(23)14-11-18-20(16(14)12-7-8-12)13-5-3-2-4-6-13/h2-6,11-12H,7-10H2,1H3,(H,21,22). The lowest BCUT2D eigenvalue weighted by Gasteiger charge is -2.16. The average Bonchev–Trinajstić information content (AvgIpc) is 3.30. The van der Waals surface area contributed by atoms with E-state index in [4.69, 9.17) is 5.11 Å². The van der Waals surface area contributed by atoms with E-state index in [2.05, 4.69) is 5.10 Å². The SMILES string of the molecule is CN(CCC(=O)O)C(=O)c1cnn(-c2ccccc2)c1C1CC1. The molecule has 1 aliphatic rings. The molecule has 120 valence electrons. The zero-order chi connectivity index (χ0) is 16.4. The summed E-state index contributed by atoms with van der Waals surface area (Å²) in [5.41, 5.74) is 2.44. The number of nitrogens with zero attached hydrogens (tertiary/aromatic N) is 3. The molecule has 1 aliphatic carbocycles. The molecule has 1 amide bonds. The first-order valence-corrected chi connectivity index (χ1v) is 7.68. The highest BCUT2D eigenvalue weighted by Crippen LogP contribution is 2.42. The smallest absolute Gasteiger partial charge is 0.305 e. The number of carbonyl (C=O) groups is 2. The maximum atomic E-state index is 12.6. The van der Waals surface area contributed by atoms with Gasteiger partial charge in [0.1, 0.15) is 0 Å². The van der Waals surface area contributed by atoms with Crippen molar-refractivity contribution < 1.29 is 14.7 Å². The molecule has 1 heterocycles. The molecular weight excluding hydrogens is 294 g/mol. The molecule has 0 unspecified atom stereocenters. The van der Waals surface area contributed by atoms with Crippen molar-refractivity contribution in [3.63, 3.8) is 0 Å². The molecule has 0 bridgehead atoms. The molecule has 1 aromatic heterocycles. The Morgan fingerprint density at radius 2 is 2.00 bits per heavy atom. The number of benzene rings is 1. The van der Waals surface area contributed by atoms with Crippen LogP contribution < -0.4 is 0 Å². The molecule has 2 aromatic rings. The molecule has 0 aliphatic heterocycles. The normalized spacial score (nSPS) is 13.8. The summed E-state index contributed by atoms with van der Waals surface area (Å²) in [6, 6.07) is 9.74. The molecule has 23 heavy (non-hydrogen) atoms. The summed E-state index contributed by atoms with van der Waals surface area (Å²) in [5, 5.41) is 13.2. The van der Waals surface area contributed by atoms with Crippen molar-refractivity contribution >= 4 is 11.9 Å². The van der Waals surface area contributed by atoms with Gasteiger partial charge >= 0.3 is 5.97 Å². The number of carboxylic acid groups (broad SMARTS) is 1. The van der Waals surface area contributed by atoms with Crippen molar-refractivity contribution in [2.75, 3.05) is 13.6 Å². The Hall–Kier alpha value is -2.63. The van der Waals surface area contributed by atoms with Gasteiger partial charge in [-0.05, 0) is 25.0 Å². The molecule has 0 saturated heterocycles. The predicted octanol–water partition coefficient (Wildman–Crippen LogP) is 2.30. The van der Waals surface area contributed by atoms with Crippen LogP contribution in [0.15, 0.2) is 36.5 Å². The first kappa shape index (κ1) is 15.3. The fourth-order valence-electron chi connectivity index (χ4n) is 2.62. The van der Waals surface area contributed by atoms with E-state index in [1.165, 1.54) is 4.90 Å². The number of hydrogen-bond acceptors (Lipinski definition) is 3. The average molecular weight is 313 g/mol. The summed E-state index contributed by atoms with van der Waals surface area (Å²) < 4.78 is 1.83. The minimum absolute atomic E-state index is 0.0617. The van der Waals surface area contributed by atoms with E-state index in [1.807, 2.05) is 35.0 Å². The van der Waals surface area contributed by atoms with Gasteiger partial charge in [-0.25, -0.2) is 4.68 Å². The Labute approximate surface area is 134 Å². The minimum atomic E-state index is -0.910. The third-order valence-electron chi connectivity index (χ3n) is 4.01. The topological polar surface area (TPSA) is 75.4 Å². The van der Waals surface area contributed by atoms with Gasteiger partial charge in [0.15, 0.2) is 0 Å². The number of amides is 1. The van der Waals surface area contributed by atoms with Crippen LogP contribution in [0.5, 0.6) is 0 Å². The van der Waals surface area contributed by atoms with Crippen LogP contribution in [0.1, 0.15) is 41.2 Å². The van der Waals surface area contributed by atoms with Gasteiger partial charge in [-0.15, -0.1) is 0 Å². The summed E-state index contributed by atoms with van der Waals surface area (Å²) in [4.78, 5) is 24.8. The van der Waals surface area contributed by atoms with Crippen LogP contribution in [0.4, 0.5) is 0 Å². The van der Waals surface area contributed by atoms with Crippen molar-refractivity contribution in [2.24, 2.45) is 0 Å². The van der Waals surface area contributed by atoms with Gasteiger partial charge < -0.3 is 10.0 Å². The van der Waals surface area contributed by atoms with Gasteiger partial charge in [0.05, 0.1) is 29.6 Å². The predicted molar refractivity (Wildman–Crippen MR) is 84.8 cm³/mol. The third-order valence-corrected chi connectivity index (χ3v) is 4.01. The number of rotatable bonds is 6. The largest absolute Gasteiger partial charge is 0.481 e. The Morgan fingerprint density at radius 3 is 2.61 bits per heavy atom. The van der Waals surface area contributed by atoms with E-state index < -0.39 is 5.97 Å². The second kappa shape index (κ2) is 6.24. The van der Waals surface area contributed by atoms with Crippen LogP contribution >= 0.6 is 0 Å². The van der Waals surface area contributed by atoms with E-state index >= 15 is 0 Å². The Kier molecular flexibility index (Phi) is 4.14. The lowest BCUT2D eigenvalue weighted by Crippen LogP contribution is -2.29. The summed E-state index contributed by atoms with van der Waals surface area (Å²) in [5.74, 6) is -0.730. The molecule has 6 heteroatoms. The van der Waals surface area contributed by atoms with E-state index in [0.717, 1.165) is 24.2 Å². The van der Waals surface area contributed by atoms with E-state index in [9.17, 15) is 9.59 Å². The summed E-state index contributed by atoms with van der Waals surface area (Å²) in [6.45, 7) is 0.189. The van der Waals surface area contributed by atoms with Gasteiger partial charge in [0.2, 0.25) is 0 Å². The van der Waals surface area contributed by atoms with E-state index in [1.54, 1.807) is 13.2 Å². The Balaban J connectivity index is 1.90. The van der Waals surface area contributed by atoms with E-state index in [-0.39, 0.29) is 18.9 Å². The van der Waals surface area contributed by atoms with Gasteiger partial charge in [0, 0.05) is 19.5 Å². The molecule has 0 radical (unpaired) electrons. The fraction of sp³-hybridized carbons (Fsp3) is 0.353. The first-order valence-electron chi connectivity index (χ1n) is 7.68. The molecule has 1 N–H and O–H groups in total. The van der Waals surface area contributed by atoms with Gasteiger partial charge in [-0.3, -0.25) is 9.59 Å². The zero-order valence-corrected chi connectivity index (χ0v) is 13.0. The van der Waals surface area contributed by atoms with Crippen molar-refractivity contribution in [1.82, 2.24) is 14.7 Å². The Morgan fingerprint density at radius 1 is 1.30 bits per heavy atom. The quantitative estimate of drug-likeness (QED) is 0.888. The van der Waals surface area contributed by atoms with Crippen LogP contribution in [-0.2, 0) is 4.79 Å². The maximum Gasteiger partial charge on any atom is 0.305 e. The van der Waals surface area contributed by atoms with Crippen molar-refractivity contribution in [1.29, 1.82) is 0 Å². The van der Waals surface area contributed by atoms with Crippen LogP contribution in [0.2, 0.25) is 0 Å². The second-order valence-electron chi connectivity index (χ2n) is 5.84. The van der Waals surface area contributed by atoms with Crippen LogP contribution in [0.3, 0.4) is 0 Å². The highest BCUT2D eigenvalue weighted by Gasteiger charge is 2.33. The monoisotopic (exact) mass is 313 g/mol. The molecule has 1 saturated carbocycles. The minimum Gasteiger partial charge on any atom is -0.481 e. The number of aromatic nitrogens is 2. The van der Waals surface area contributed by atoms with Crippen LogP contribution in [0, 0.1) is 0 Å². The number of para-hydroxylation sites is 1. The zero-order valence-electron chi connectivity index (χ0n) is 13.0. The molecule has 1 aromatic carbocycles. The number of carbonyl (C=O) groups excluding carboxylic acids is 1. The van der Waals surface area contributed by atoms with Gasteiger partial charge in [-0.2, -0.15) is 5.10 Å². The van der Waals surface area contributed by atoms with E-state index in [0.29, 0.717) is 11.5 Å². The second-order valence-corrected chi connectivity index (χ2v) is 5.84. The lowest BCUT2D eigenvalue weighted by atomic mass is 10.1. The van der Waals surface area contributed by atoms with Crippen molar-refractivity contribution in [2.45, 2.75) is 25.2 Å². The first-order chi connectivity index (χ1) is 11.1. The number of carboxylic acids is 1. The van der Waals surface area contributed by atoms with Crippen LogP contribution in [-0.4, -0.2) is 45.3 Å². The highest BCUT2D eigenvalue weighted by atomic mass is 16.4. The Bertz CT molecular complexity index is 720. The molecule has 6 nitrogen and oxygen atoms in total. The molecule has 0 spiro atoms. The van der Waals surface area contributed by atoms with Gasteiger partial charge in [-0.1, -0.05) is 18.2 Å². The summed E-state index contributed by atoms with van der Waals surface area (Å²) in [6.07, 6.45) is 3.64. The fourth-order valence-corrected chi connectivity index (χ4v) is 2.62. The third kappa shape index (κ3) is 3.26. The highest BCUT2D eigenvalue weighted by molar-refractivity contribution is 5.95. The molecule has 0 atom stereocenters. The summed E-state index contributed by atoms with van der Waals surface area (Å²) >= 11 is 0. The molecular formula is C17H19N3O3. The summed E-state index contributed by atoms with van der Waals surface area (Å²) in [7, 11) is 1.63.